The van der Waals surface area contributed by atoms with Crippen LogP contribution in [0.2, 0.25) is 5.02 Å². The van der Waals surface area contributed by atoms with Gasteiger partial charge < -0.3 is 88.0 Å². The molecule has 24 nitrogen and oxygen atoms in total. The Hall–Kier alpha value is -9.81. The van der Waals surface area contributed by atoms with Gasteiger partial charge in [0, 0.05) is 270 Å². The maximum absolute atomic E-state index is 12.4. The second-order valence-corrected chi connectivity index (χ2v) is 40.6. The van der Waals surface area contributed by atoms with E-state index in [-0.39, 0.29) is 74.5 Å². The van der Waals surface area contributed by atoms with Gasteiger partial charge in [-0.15, -0.1) is 0 Å². The molecule has 6 fully saturated rings. The summed E-state index contributed by atoms with van der Waals surface area (Å²) in [7, 11) is 6.74. The summed E-state index contributed by atoms with van der Waals surface area (Å²) in [4.78, 5) is 99.2. The van der Waals surface area contributed by atoms with Crippen molar-refractivity contribution in [2.24, 2.45) is 32.5 Å². The van der Waals surface area contributed by atoms with Crippen molar-refractivity contribution in [3.05, 3.63) is 147 Å². The van der Waals surface area contributed by atoms with Crippen LogP contribution in [0.5, 0.6) is 28.7 Å². The van der Waals surface area contributed by atoms with Crippen LogP contribution in [-0.2, 0) is 35.4 Å². The number of methoxy groups -OCH3 is 4. The SMILES string of the molecule is COc1cc(C)cc(N2CCN(C(=O)C(C)(C)C)CC2)c1.COc1cc(N2CCN(C(=O)C(C)(C)C)CC2)cc(OC)c1C.COc1cc(N2CCN(C(=O)C(C)(C)C)CC2)ccc1C.Cc1ccc(N2CCN(C(=O)C(C)(C)C)CC2)c(CO)c1.Cc1ccc(N2CCN(C(=O)C(C)(C)C)CC2)cc1Cl.Cc1ccc(N2CCN(C(=O)C(C)(C)C)CC2)cc1O. The van der Waals surface area contributed by atoms with Crippen LogP contribution in [0.4, 0.5) is 34.1 Å². The van der Waals surface area contributed by atoms with Crippen LogP contribution in [0.15, 0.2) is 103 Å². The normalized spacial score (nSPS) is 16.1. The molecule has 6 saturated heterocycles. The van der Waals surface area contributed by atoms with Crippen molar-refractivity contribution in [1.29, 1.82) is 0 Å². The van der Waals surface area contributed by atoms with Crippen molar-refractivity contribution in [1.82, 2.24) is 29.4 Å². The second-order valence-electron chi connectivity index (χ2n) is 40.2. The quantitative estimate of drug-likeness (QED) is 0.123. The van der Waals surface area contributed by atoms with Crippen molar-refractivity contribution in [3.63, 3.8) is 0 Å². The number of carbonyl (C=O) groups excluding carboxylic acids is 6. The highest BCUT2D eigenvalue weighted by molar-refractivity contribution is 6.31. The molecule has 0 bridgehead atoms. The Morgan fingerprint density at radius 1 is 0.302 bits per heavy atom. The number of aromatic hydroxyl groups is 1. The number of aliphatic hydroxyl groups excluding tert-OH is 1. The van der Waals surface area contributed by atoms with Crippen molar-refractivity contribution < 1.29 is 57.9 Å². The van der Waals surface area contributed by atoms with Gasteiger partial charge in [0.05, 0.1) is 35.0 Å². The van der Waals surface area contributed by atoms with E-state index in [1.165, 1.54) is 16.9 Å². The van der Waals surface area contributed by atoms with Crippen LogP contribution in [0.25, 0.3) is 0 Å². The number of carbonyl (C=O) groups is 6. The topological polar surface area (TPSA) is 219 Å². The average Bonchev–Trinajstić information content (AvgIpc) is 0.825. The van der Waals surface area contributed by atoms with E-state index in [4.69, 9.17) is 30.5 Å². The molecule has 126 heavy (non-hydrogen) atoms. The highest BCUT2D eigenvalue weighted by Crippen LogP contribution is 2.37. The maximum Gasteiger partial charge on any atom is 0.228 e. The molecule has 0 aromatic heterocycles. The third kappa shape index (κ3) is 29.1. The maximum atomic E-state index is 12.4. The predicted octanol–water partition coefficient (Wildman–Crippen LogP) is 16.0. The fourth-order valence-electron chi connectivity index (χ4n) is 15.8. The third-order valence-electron chi connectivity index (χ3n) is 23.6. The lowest BCUT2D eigenvalue weighted by molar-refractivity contribution is -0.140. The molecule has 2 N–H and O–H groups in total. The van der Waals surface area contributed by atoms with Gasteiger partial charge >= 0.3 is 0 Å². The Morgan fingerprint density at radius 3 is 0.889 bits per heavy atom. The third-order valence-corrected chi connectivity index (χ3v) is 24.0. The van der Waals surface area contributed by atoms with Gasteiger partial charge in [0.25, 0.3) is 0 Å². The summed E-state index contributed by atoms with van der Waals surface area (Å²) in [6, 6.07) is 34.7. The molecule has 0 spiro atoms. The summed E-state index contributed by atoms with van der Waals surface area (Å²) in [6.45, 7) is 66.8. The van der Waals surface area contributed by atoms with Gasteiger partial charge in [-0.2, -0.15) is 0 Å². The zero-order valence-corrected chi connectivity index (χ0v) is 82.5. The van der Waals surface area contributed by atoms with Crippen LogP contribution in [-0.4, -0.2) is 261 Å². The van der Waals surface area contributed by atoms with E-state index in [1.54, 1.807) is 34.5 Å². The summed E-state index contributed by atoms with van der Waals surface area (Å²) in [5, 5.41) is 20.1. The number of amides is 6. The van der Waals surface area contributed by atoms with Crippen LogP contribution >= 0.6 is 11.6 Å². The molecule has 0 atom stereocenters. The highest BCUT2D eigenvalue weighted by atomic mass is 35.5. The molecular weight excluding hydrogens is 1610 g/mol. The van der Waals surface area contributed by atoms with E-state index in [0.717, 1.165) is 241 Å². The standard InChI is InChI=1S/C18H28N2O3.3C17H26N2O2.C16H23ClN2O.C16H24N2O2/c1-13-15(22-5)11-14(12-16(13)23-6)19-7-9-20(10-8-19)17(21)18(2,3)4;1-13-10-14(12-15(11-13)21-5)18-6-8-19(9-7-18)16(20)17(2,3)4;1-13-6-7-14(12-15(13)21-5)18-8-10-19(11-9-18)16(20)17(2,3)4;1-13-5-6-15(14(11-13)12-20)18-7-9-19(10-8-18)16(21)17(2,3)4;1-12-5-6-13(11-14(12)17)18-7-9-19(10-8-18)15(20)16(2,3)4;1-12-5-6-13(11-14(12)19)17-7-9-18(10-8-17)15(20)16(2,3)4/h11-12H,7-10H2,1-6H3;10-12H,6-9H2,1-5H3;6-7,12H,8-11H2,1-5H3;5-6,11,20H,7-10,12H2,1-4H3;5-6,11H,7-10H2,1-4H3;5-6,11,19H,7-10H2,1-4H3. The second kappa shape index (κ2) is 44.8. The molecule has 6 heterocycles. The van der Waals surface area contributed by atoms with Crippen molar-refractivity contribution >= 4 is 81.2 Å². The van der Waals surface area contributed by atoms with Crippen LogP contribution < -0.4 is 48.3 Å². The minimum atomic E-state index is -0.321. The Labute approximate surface area is 760 Å². The van der Waals surface area contributed by atoms with Crippen molar-refractivity contribution in [2.45, 2.75) is 173 Å². The van der Waals surface area contributed by atoms with Gasteiger partial charge in [-0.25, -0.2) is 0 Å². The number of ether oxygens (including phenoxy) is 4. The van der Waals surface area contributed by atoms with Gasteiger partial charge in [0.2, 0.25) is 35.4 Å². The van der Waals surface area contributed by atoms with Crippen molar-refractivity contribution in [3.8, 4) is 28.7 Å². The molecular formula is C101H153ClN12O12. The van der Waals surface area contributed by atoms with E-state index in [1.807, 2.05) is 237 Å². The fourth-order valence-corrected chi connectivity index (χ4v) is 16.0. The Balaban J connectivity index is 0.000000208. The summed E-state index contributed by atoms with van der Waals surface area (Å²) in [5.41, 5.74) is 12.3. The first kappa shape index (κ1) is 103. The smallest absolute Gasteiger partial charge is 0.228 e. The molecule has 6 amide bonds. The van der Waals surface area contributed by atoms with E-state index >= 15 is 0 Å². The number of rotatable bonds is 11. The number of benzene rings is 6. The molecule has 6 aromatic rings. The van der Waals surface area contributed by atoms with Gasteiger partial charge in [0.1, 0.15) is 28.7 Å². The summed E-state index contributed by atoms with van der Waals surface area (Å²) >= 11 is 6.18. The number of piperazine rings is 6. The van der Waals surface area contributed by atoms with Gasteiger partial charge in [-0.05, 0) is 106 Å². The number of aryl methyl sites for hydroxylation is 5. The molecule has 12 rings (SSSR count). The number of nitrogens with zero attached hydrogens (tertiary/aromatic N) is 12. The highest BCUT2D eigenvalue weighted by Gasteiger charge is 2.37. The minimum absolute atomic E-state index is 0.0537. The lowest BCUT2D eigenvalue weighted by atomic mass is 9.94. The minimum Gasteiger partial charge on any atom is -0.508 e. The van der Waals surface area contributed by atoms with Crippen LogP contribution in [0, 0.1) is 74.0 Å². The van der Waals surface area contributed by atoms with Crippen LogP contribution in [0.1, 0.15) is 164 Å². The Morgan fingerprint density at radius 2 is 0.587 bits per heavy atom. The van der Waals surface area contributed by atoms with Crippen LogP contribution in [0.3, 0.4) is 0 Å². The van der Waals surface area contributed by atoms with Gasteiger partial charge in [-0.3, -0.25) is 28.8 Å². The lowest BCUT2D eigenvalue weighted by Crippen LogP contribution is -2.51. The van der Waals surface area contributed by atoms with Gasteiger partial charge in [-0.1, -0.05) is 172 Å². The average molecular weight is 1760 g/mol. The number of hydrogen-bond donors (Lipinski definition) is 2. The number of halogens is 1. The zero-order valence-electron chi connectivity index (χ0n) is 81.7. The number of aliphatic hydroxyl groups is 1. The Kier molecular flexibility index (Phi) is 36.7. The molecule has 6 aliphatic rings. The number of phenols is 1. The molecule has 0 radical (unpaired) electrons. The van der Waals surface area contributed by atoms with E-state index < -0.39 is 0 Å². The summed E-state index contributed by atoms with van der Waals surface area (Å²) in [6.07, 6.45) is 0. The predicted molar refractivity (Wildman–Crippen MR) is 515 cm³/mol. The van der Waals surface area contributed by atoms with E-state index in [0.29, 0.717) is 5.75 Å². The molecule has 0 unspecified atom stereocenters. The summed E-state index contributed by atoms with van der Waals surface area (Å²) in [5.74, 6) is 5.15. The molecule has 696 valence electrons. The largest absolute Gasteiger partial charge is 0.508 e. The number of phenolic OH excluding ortho intramolecular Hbond substituents is 1. The first-order chi connectivity index (χ1) is 58.8. The number of hydrogen-bond acceptors (Lipinski definition) is 18. The molecule has 6 aromatic carbocycles. The van der Waals surface area contributed by atoms with E-state index in [2.05, 4.69) is 84.9 Å². The zero-order chi connectivity index (χ0) is 93.9. The molecule has 25 heteroatoms. The molecule has 0 saturated carbocycles. The Bertz CT molecular complexity index is 4480. The monoisotopic (exact) mass is 1760 g/mol. The van der Waals surface area contributed by atoms with Crippen molar-refractivity contribution in [2.75, 3.05) is 215 Å². The van der Waals surface area contributed by atoms with E-state index in [9.17, 15) is 39.0 Å². The van der Waals surface area contributed by atoms with Gasteiger partial charge in [0.15, 0.2) is 0 Å². The first-order valence-corrected chi connectivity index (χ1v) is 45.2. The summed E-state index contributed by atoms with van der Waals surface area (Å²) < 4.78 is 21.6. The molecule has 0 aliphatic carbocycles. The molecule has 6 aliphatic heterocycles. The first-order valence-electron chi connectivity index (χ1n) is 44.9. The number of anilines is 6. The fraction of sp³-hybridized carbons (Fsp3) is 0.584. The lowest BCUT2D eigenvalue weighted by Gasteiger charge is -2.39.